The van der Waals surface area contributed by atoms with E-state index < -0.39 is 0 Å². The normalized spacial score (nSPS) is 12.2. The Morgan fingerprint density at radius 2 is 2.24 bits per heavy atom. The molecule has 0 heterocycles. The average molecular weight is 254 g/mol. The van der Waals surface area contributed by atoms with Crippen LogP contribution in [0.5, 0.6) is 5.75 Å². The summed E-state index contributed by atoms with van der Waals surface area (Å²) in [5.41, 5.74) is 6.25. The number of amidine groups is 1. The molecule has 0 saturated heterocycles. The average Bonchev–Trinajstić information content (AvgIpc) is 2.28. The molecule has 0 saturated carbocycles. The smallest absolute Gasteiger partial charge is 0.131 e. The van der Waals surface area contributed by atoms with Crippen molar-refractivity contribution in [3.8, 4) is 5.75 Å². The van der Waals surface area contributed by atoms with Crippen LogP contribution < -0.4 is 10.5 Å². The molecule has 0 aliphatic rings. The van der Waals surface area contributed by atoms with Gasteiger partial charge in [0.25, 0.3) is 0 Å². The molecule has 3 N–H and O–H groups in total. The fraction of sp³-hybridized carbons (Fsp3) is 0.417. The summed E-state index contributed by atoms with van der Waals surface area (Å²) in [7, 11) is 1.63. The van der Waals surface area contributed by atoms with Gasteiger partial charge in [0.1, 0.15) is 17.7 Å². The first-order valence-electron chi connectivity index (χ1n) is 5.27. The molecule has 0 radical (unpaired) electrons. The minimum Gasteiger partial charge on any atom is -0.488 e. The van der Waals surface area contributed by atoms with E-state index in [1.165, 1.54) is 0 Å². The summed E-state index contributed by atoms with van der Waals surface area (Å²) >= 11 is 1.55. The van der Waals surface area contributed by atoms with Gasteiger partial charge in [0.15, 0.2) is 0 Å². The molecule has 0 fully saturated rings. The highest BCUT2D eigenvalue weighted by Crippen LogP contribution is 2.29. The van der Waals surface area contributed by atoms with Gasteiger partial charge in [-0.15, -0.1) is 11.8 Å². The predicted octanol–water partition coefficient (Wildman–Crippen LogP) is 2.11. The highest BCUT2D eigenvalue weighted by molar-refractivity contribution is 7.98. The summed E-state index contributed by atoms with van der Waals surface area (Å²) in [6.45, 7) is 2.42. The lowest BCUT2D eigenvalue weighted by molar-refractivity contribution is 0.0918. The van der Waals surface area contributed by atoms with Gasteiger partial charge < -0.3 is 15.2 Å². The van der Waals surface area contributed by atoms with Crippen LogP contribution in [0.25, 0.3) is 0 Å². The first kappa shape index (κ1) is 13.9. The van der Waals surface area contributed by atoms with E-state index >= 15 is 0 Å². The quantitative estimate of drug-likeness (QED) is 0.463. The maximum atomic E-state index is 7.62. The number of ether oxygens (including phenoxy) is 2. The zero-order chi connectivity index (χ0) is 12.8. The second kappa shape index (κ2) is 6.51. The highest BCUT2D eigenvalue weighted by atomic mass is 32.2. The number of nitrogens with two attached hydrogens (primary N) is 1. The summed E-state index contributed by atoms with van der Waals surface area (Å²) in [5, 5.41) is 7.62. The van der Waals surface area contributed by atoms with Crippen LogP contribution in [-0.4, -0.2) is 31.9 Å². The van der Waals surface area contributed by atoms with Gasteiger partial charge in [-0.05, 0) is 25.3 Å². The Hall–Kier alpha value is -1.20. The van der Waals surface area contributed by atoms with Crippen LogP contribution in [0.15, 0.2) is 23.1 Å². The minimum atomic E-state index is -0.0739. The molecule has 0 aliphatic heterocycles. The van der Waals surface area contributed by atoms with Crippen LogP contribution in [0.2, 0.25) is 0 Å². The van der Waals surface area contributed by atoms with Crippen molar-refractivity contribution in [2.45, 2.75) is 17.9 Å². The topological polar surface area (TPSA) is 68.3 Å². The molecule has 0 aromatic heterocycles. The van der Waals surface area contributed by atoms with Crippen molar-refractivity contribution in [2.24, 2.45) is 5.73 Å². The van der Waals surface area contributed by atoms with Crippen LogP contribution >= 0.6 is 11.8 Å². The van der Waals surface area contributed by atoms with Gasteiger partial charge in [0, 0.05) is 12.0 Å². The number of thioether (sulfide) groups is 1. The van der Waals surface area contributed by atoms with E-state index in [4.69, 9.17) is 20.6 Å². The Balaban J connectivity index is 3.02. The lowest BCUT2D eigenvalue weighted by Crippen LogP contribution is -2.21. The van der Waals surface area contributed by atoms with Gasteiger partial charge >= 0.3 is 0 Å². The molecule has 1 unspecified atom stereocenters. The lowest BCUT2D eigenvalue weighted by atomic mass is 10.2. The van der Waals surface area contributed by atoms with E-state index in [9.17, 15) is 0 Å². The van der Waals surface area contributed by atoms with Crippen molar-refractivity contribution in [1.82, 2.24) is 0 Å². The standard InChI is InChI=1S/C12H18N2O2S/c1-8(7-15-2)16-9-5-4-6-10(17-3)11(9)12(13)14/h4-6,8H,7H2,1-3H3,(H3,13,14). The number of benzene rings is 1. The third kappa shape index (κ3) is 3.64. The number of methoxy groups -OCH3 is 1. The molecule has 5 heteroatoms. The van der Waals surface area contributed by atoms with Crippen LogP contribution in [0.4, 0.5) is 0 Å². The molecular formula is C12H18N2O2S. The van der Waals surface area contributed by atoms with Crippen molar-refractivity contribution >= 4 is 17.6 Å². The molecular weight excluding hydrogens is 236 g/mol. The van der Waals surface area contributed by atoms with E-state index in [1.54, 1.807) is 18.9 Å². The molecule has 1 atom stereocenters. The van der Waals surface area contributed by atoms with E-state index in [2.05, 4.69) is 0 Å². The fourth-order valence-electron chi connectivity index (χ4n) is 1.53. The molecule has 0 amide bonds. The molecule has 4 nitrogen and oxygen atoms in total. The van der Waals surface area contributed by atoms with Gasteiger partial charge in [-0.1, -0.05) is 6.07 Å². The Bertz CT molecular complexity index is 396. The first-order chi connectivity index (χ1) is 8.10. The second-order valence-corrected chi connectivity index (χ2v) is 4.48. The predicted molar refractivity (Wildman–Crippen MR) is 71.2 cm³/mol. The lowest BCUT2D eigenvalue weighted by Gasteiger charge is -2.17. The van der Waals surface area contributed by atoms with Gasteiger partial charge in [-0.2, -0.15) is 0 Å². The number of nitrogen functional groups attached to an aromatic ring is 1. The second-order valence-electron chi connectivity index (χ2n) is 3.63. The zero-order valence-corrected chi connectivity index (χ0v) is 11.1. The minimum absolute atomic E-state index is 0.0227. The highest BCUT2D eigenvalue weighted by Gasteiger charge is 2.14. The SMILES string of the molecule is COCC(C)Oc1cccc(SC)c1C(=N)N. The molecule has 1 rings (SSSR count). The van der Waals surface area contributed by atoms with Crippen LogP contribution in [0.3, 0.4) is 0 Å². The number of rotatable bonds is 6. The van der Waals surface area contributed by atoms with Crippen LogP contribution in [0, 0.1) is 5.41 Å². The molecule has 0 bridgehead atoms. The third-order valence-electron chi connectivity index (χ3n) is 2.21. The zero-order valence-electron chi connectivity index (χ0n) is 10.3. The van der Waals surface area contributed by atoms with Crippen molar-refractivity contribution < 1.29 is 9.47 Å². The van der Waals surface area contributed by atoms with Crippen molar-refractivity contribution in [3.05, 3.63) is 23.8 Å². The van der Waals surface area contributed by atoms with Crippen LogP contribution in [-0.2, 0) is 4.74 Å². The van der Waals surface area contributed by atoms with Crippen LogP contribution in [0.1, 0.15) is 12.5 Å². The van der Waals surface area contributed by atoms with Gasteiger partial charge in [-0.3, -0.25) is 5.41 Å². The number of hydrogen-bond donors (Lipinski definition) is 2. The van der Waals surface area contributed by atoms with E-state index in [-0.39, 0.29) is 11.9 Å². The van der Waals surface area contributed by atoms with Gasteiger partial charge in [-0.25, -0.2) is 0 Å². The molecule has 1 aromatic carbocycles. The van der Waals surface area contributed by atoms with Crippen molar-refractivity contribution in [1.29, 1.82) is 5.41 Å². The summed E-state index contributed by atoms with van der Waals surface area (Å²) in [5.74, 6) is 0.656. The summed E-state index contributed by atoms with van der Waals surface area (Å²) in [6, 6.07) is 5.64. The Morgan fingerprint density at radius 3 is 2.76 bits per heavy atom. The largest absolute Gasteiger partial charge is 0.488 e. The van der Waals surface area contributed by atoms with Gasteiger partial charge in [0.2, 0.25) is 0 Å². The van der Waals surface area contributed by atoms with E-state index in [1.807, 2.05) is 31.4 Å². The van der Waals surface area contributed by atoms with Gasteiger partial charge in [0.05, 0.1) is 12.2 Å². The third-order valence-corrected chi connectivity index (χ3v) is 2.99. The number of nitrogens with one attached hydrogen (secondary N) is 1. The molecule has 94 valence electrons. The Kier molecular flexibility index (Phi) is 5.31. The summed E-state index contributed by atoms with van der Waals surface area (Å²) in [6.07, 6.45) is 1.87. The van der Waals surface area contributed by atoms with Crippen molar-refractivity contribution in [2.75, 3.05) is 20.0 Å². The molecule has 0 spiro atoms. The molecule has 1 aromatic rings. The first-order valence-corrected chi connectivity index (χ1v) is 6.49. The maximum Gasteiger partial charge on any atom is 0.131 e. The molecule has 0 aliphatic carbocycles. The van der Waals surface area contributed by atoms with E-state index in [0.717, 1.165) is 4.90 Å². The molecule has 17 heavy (non-hydrogen) atoms. The summed E-state index contributed by atoms with van der Waals surface area (Å²) < 4.78 is 10.7. The van der Waals surface area contributed by atoms with Crippen molar-refractivity contribution in [3.63, 3.8) is 0 Å². The summed E-state index contributed by atoms with van der Waals surface area (Å²) in [4.78, 5) is 0.944. The van der Waals surface area contributed by atoms with E-state index in [0.29, 0.717) is 17.9 Å². The fourth-order valence-corrected chi connectivity index (χ4v) is 2.16. The number of hydrogen-bond acceptors (Lipinski definition) is 4. The Labute approximate surface area is 106 Å². The maximum absolute atomic E-state index is 7.62. The Morgan fingerprint density at radius 1 is 1.53 bits per heavy atom. The monoisotopic (exact) mass is 254 g/mol.